The monoisotopic (exact) mass is 482 g/mol. The van der Waals surface area contributed by atoms with Gasteiger partial charge in [0, 0.05) is 34.1 Å². The number of nitrogen functional groups attached to an aromatic ring is 1. The highest BCUT2D eigenvalue weighted by Crippen LogP contribution is 2.37. The zero-order chi connectivity index (χ0) is 24.2. The van der Waals surface area contributed by atoms with Gasteiger partial charge in [-0.25, -0.2) is 14.2 Å². The van der Waals surface area contributed by atoms with Crippen LogP contribution in [0, 0.1) is 5.82 Å². The lowest BCUT2D eigenvalue weighted by atomic mass is 10.1. The van der Waals surface area contributed by atoms with Crippen molar-refractivity contribution in [3.05, 3.63) is 58.2 Å². The Labute approximate surface area is 195 Å². The number of nitrogens with zero attached hydrogens (tertiary/aromatic N) is 3. The van der Waals surface area contributed by atoms with Crippen LogP contribution in [0.2, 0.25) is 10.0 Å². The van der Waals surface area contributed by atoms with E-state index in [1.54, 1.807) is 19.2 Å². The van der Waals surface area contributed by atoms with Crippen molar-refractivity contribution < 1.29 is 19.0 Å². The number of pyridine rings is 1. The molecule has 10 heteroatoms. The average molecular weight is 483 g/mol. The SMILES string of the molecule is CC.CC(Oc1cc(-c2cnn(C(C)(C)C(=O)O)c2)cnc1N)c1c(Cl)ccc(F)c1Cl. The third-order valence-electron chi connectivity index (χ3n) is 4.68. The molecule has 0 amide bonds. The van der Waals surface area contributed by atoms with Crippen molar-refractivity contribution >= 4 is 35.0 Å². The van der Waals surface area contributed by atoms with Gasteiger partial charge in [-0.15, -0.1) is 0 Å². The van der Waals surface area contributed by atoms with Crippen molar-refractivity contribution in [1.82, 2.24) is 14.8 Å². The molecule has 0 bridgehead atoms. The molecule has 0 fully saturated rings. The number of aliphatic carboxylic acids is 1. The lowest BCUT2D eigenvalue weighted by molar-refractivity contribution is -0.146. The first-order chi connectivity index (χ1) is 15.0. The Morgan fingerprint density at radius 3 is 2.53 bits per heavy atom. The molecule has 1 aromatic carbocycles. The van der Waals surface area contributed by atoms with E-state index in [2.05, 4.69) is 10.1 Å². The molecule has 0 saturated carbocycles. The first kappa shape index (κ1) is 25.4. The van der Waals surface area contributed by atoms with E-state index in [4.69, 9.17) is 33.7 Å². The topological polar surface area (TPSA) is 103 Å². The summed E-state index contributed by atoms with van der Waals surface area (Å²) < 4.78 is 21.1. The van der Waals surface area contributed by atoms with Gasteiger partial charge in [0.15, 0.2) is 17.1 Å². The molecule has 172 valence electrons. The highest BCUT2D eigenvalue weighted by Gasteiger charge is 2.30. The highest BCUT2D eigenvalue weighted by atomic mass is 35.5. The Hall–Kier alpha value is -2.84. The molecule has 32 heavy (non-hydrogen) atoms. The van der Waals surface area contributed by atoms with E-state index in [-0.39, 0.29) is 21.6 Å². The smallest absolute Gasteiger partial charge is 0.331 e. The van der Waals surface area contributed by atoms with E-state index in [1.165, 1.54) is 43.1 Å². The molecule has 1 atom stereocenters. The largest absolute Gasteiger partial charge is 0.482 e. The summed E-state index contributed by atoms with van der Waals surface area (Å²) in [4.78, 5) is 15.6. The third kappa shape index (κ3) is 5.14. The first-order valence-corrected chi connectivity index (χ1v) is 10.6. The number of ether oxygens (including phenoxy) is 1. The van der Waals surface area contributed by atoms with Crippen molar-refractivity contribution in [3.63, 3.8) is 0 Å². The maximum absolute atomic E-state index is 13.8. The minimum atomic E-state index is -1.22. The average Bonchev–Trinajstić information content (AvgIpc) is 3.25. The number of anilines is 1. The van der Waals surface area contributed by atoms with E-state index in [9.17, 15) is 14.3 Å². The third-order valence-corrected chi connectivity index (χ3v) is 5.40. The predicted octanol–water partition coefficient (Wildman–Crippen LogP) is 5.96. The normalized spacial score (nSPS) is 12.0. The van der Waals surface area contributed by atoms with Gasteiger partial charge in [0.25, 0.3) is 0 Å². The molecular weight excluding hydrogens is 458 g/mol. The molecular formula is C22H25Cl2FN4O3. The van der Waals surface area contributed by atoms with E-state index >= 15 is 0 Å². The minimum Gasteiger partial charge on any atom is -0.482 e. The quantitative estimate of drug-likeness (QED) is 0.420. The van der Waals surface area contributed by atoms with Gasteiger partial charge < -0.3 is 15.6 Å². The summed E-state index contributed by atoms with van der Waals surface area (Å²) in [7, 11) is 0. The van der Waals surface area contributed by atoms with Crippen molar-refractivity contribution in [2.75, 3.05) is 5.73 Å². The fraction of sp³-hybridized carbons (Fsp3) is 0.318. The highest BCUT2D eigenvalue weighted by molar-refractivity contribution is 6.36. The zero-order valence-corrected chi connectivity index (χ0v) is 19.9. The number of benzene rings is 1. The van der Waals surface area contributed by atoms with Crippen LogP contribution in [0.4, 0.5) is 10.2 Å². The summed E-state index contributed by atoms with van der Waals surface area (Å²) in [5.74, 6) is -1.27. The summed E-state index contributed by atoms with van der Waals surface area (Å²) in [5, 5.41) is 13.6. The summed E-state index contributed by atoms with van der Waals surface area (Å²) in [5.41, 5.74) is 6.23. The van der Waals surface area contributed by atoms with Crippen LogP contribution in [0.3, 0.4) is 0 Å². The molecule has 0 radical (unpaired) electrons. The van der Waals surface area contributed by atoms with Crippen molar-refractivity contribution in [3.8, 4) is 16.9 Å². The number of rotatable bonds is 6. The van der Waals surface area contributed by atoms with E-state index in [0.717, 1.165) is 0 Å². The Morgan fingerprint density at radius 2 is 1.91 bits per heavy atom. The van der Waals surface area contributed by atoms with Crippen molar-refractivity contribution in [2.45, 2.75) is 46.3 Å². The van der Waals surface area contributed by atoms with Gasteiger partial charge in [0.05, 0.1) is 11.2 Å². The summed E-state index contributed by atoms with van der Waals surface area (Å²) in [6, 6.07) is 4.21. The van der Waals surface area contributed by atoms with Crippen LogP contribution in [0.25, 0.3) is 11.1 Å². The Kier molecular flexibility index (Phi) is 8.09. The van der Waals surface area contributed by atoms with Crippen LogP contribution in [0.15, 0.2) is 36.8 Å². The van der Waals surface area contributed by atoms with Crippen LogP contribution in [0.5, 0.6) is 5.75 Å². The Balaban J connectivity index is 0.00000176. The van der Waals surface area contributed by atoms with Gasteiger partial charge in [0.1, 0.15) is 11.9 Å². The van der Waals surface area contributed by atoms with Gasteiger partial charge in [0.2, 0.25) is 0 Å². The molecule has 7 nitrogen and oxygen atoms in total. The summed E-state index contributed by atoms with van der Waals surface area (Å²) in [6.45, 7) is 8.73. The number of hydrogen-bond acceptors (Lipinski definition) is 5. The van der Waals surface area contributed by atoms with Gasteiger partial charge >= 0.3 is 5.97 Å². The van der Waals surface area contributed by atoms with Crippen LogP contribution < -0.4 is 10.5 Å². The minimum absolute atomic E-state index is 0.118. The van der Waals surface area contributed by atoms with Crippen LogP contribution >= 0.6 is 23.2 Å². The lowest BCUT2D eigenvalue weighted by Crippen LogP contribution is -2.35. The predicted molar refractivity (Wildman–Crippen MR) is 124 cm³/mol. The van der Waals surface area contributed by atoms with Crippen LogP contribution in [0.1, 0.15) is 46.3 Å². The molecule has 3 rings (SSSR count). The zero-order valence-electron chi connectivity index (χ0n) is 18.4. The Morgan fingerprint density at radius 1 is 1.25 bits per heavy atom. The summed E-state index contributed by atoms with van der Waals surface area (Å²) in [6.07, 6.45) is 3.92. The van der Waals surface area contributed by atoms with E-state index in [1.807, 2.05) is 13.8 Å². The van der Waals surface area contributed by atoms with E-state index in [0.29, 0.717) is 16.7 Å². The number of carboxylic acids is 1. The van der Waals surface area contributed by atoms with Gasteiger partial charge in [-0.05, 0) is 39.0 Å². The molecule has 0 aliphatic heterocycles. The molecule has 1 unspecified atom stereocenters. The number of carbonyl (C=O) groups is 1. The molecule has 3 aromatic rings. The molecule has 0 saturated heterocycles. The number of halogens is 3. The second kappa shape index (κ2) is 10.2. The second-order valence-corrected chi connectivity index (χ2v) is 7.95. The molecule has 2 heterocycles. The van der Waals surface area contributed by atoms with Crippen LogP contribution in [-0.4, -0.2) is 25.8 Å². The van der Waals surface area contributed by atoms with Crippen molar-refractivity contribution in [1.29, 1.82) is 0 Å². The fourth-order valence-electron chi connectivity index (χ4n) is 2.75. The standard InChI is InChI=1S/C20H19Cl2FN4O3.C2H6/c1-10(16-13(21)4-5-14(23)17(16)22)30-15-6-11(7-25-18(15)24)12-8-26-27(9-12)20(2,3)19(28)29;1-2/h4-10H,1-3H3,(H2,24,25)(H,28,29);1-2H3. The van der Waals surface area contributed by atoms with Gasteiger partial charge in [-0.3, -0.25) is 4.68 Å². The molecule has 2 aromatic heterocycles. The number of aromatic nitrogens is 3. The molecule has 0 aliphatic carbocycles. The number of carboxylic acid groups (broad SMARTS) is 1. The van der Waals surface area contributed by atoms with E-state index < -0.39 is 23.4 Å². The fourth-order valence-corrected chi connectivity index (χ4v) is 3.43. The maximum Gasteiger partial charge on any atom is 0.331 e. The first-order valence-electron chi connectivity index (χ1n) is 9.87. The Bertz CT molecular complexity index is 1120. The van der Waals surface area contributed by atoms with Gasteiger partial charge in [-0.2, -0.15) is 5.10 Å². The molecule has 0 spiro atoms. The lowest BCUT2D eigenvalue weighted by Gasteiger charge is -2.19. The van der Waals surface area contributed by atoms with Crippen LogP contribution in [-0.2, 0) is 10.3 Å². The number of nitrogens with two attached hydrogens (primary N) is 1. The molecule has 0 aliphatic rings. The number of hydrogen-bond donors (Lipinski definition) is 2. The summed E-state index contributed by atoms with van der Waals surface area (Å²) >= 11 is 12.2. The second-order valence-electron chi connectivity index (χ2n) is 7.16. The van der Waals surface area contributed by atoms with Gasteiger partial charge in [-0.1, -0.05) is 37.0 Å². The van der Waals surface area contributed by atoms with Crippen molar-refractivity contribution in [2.24, 2.45) is 0 Å². The molecule has 3 N–H and O–H groups in total. The maximum atomic E-state index is 13.8.